The predicted molar refractivity (Wildman–Crippen MR) is 22.5 cm³/mol. The van der Waals surface area contributed by atoms with Gasteiger partial charge in [-0.15, -0.1) is 0 Å². The van der Waals surface area contributed by atoms with E-state index in [1.54, 1.807) is 0 Å². The summed E-state index contributed by atoms with van der Waals surface area (Å²) in [6, 6.07) is 0. The lowest BCUT2D eigenvalue weighted by atomic mass is 10.6. The number of hydrogen-bond acceptors (Lipinski definition) is 2. The third-order valence-electron chi connectivity index (χ3n) is 0.260. The minimum absolute atomic E-state index is 0.516. The highest BCUT2D eigenvalue weighted by Crippen LogP contribution is 1.54. The Morgan fingerprint density at radius 2 is 2.17 bits per heavy atom. The highest BCUT2D eigenvalue weighted by atomic mass is 16.1. The van der Waals surface area contributed by atoms with Crippen molar-refractivity contribution in [3.05, 3.63) is 12.3 Å². The van der Waals surface area contributed by atoms with Crippen molar-refractivity contribution in [2.75, 3.05) is 0 Å². The van der Waals surface area contributed by atoms with Crippen molar-refractivity contribution < 1.29 is 4.79 Å². The number of nitrogens with two attached hydrogens (primary N) is 2. The van der Waals surface area contributed by atoms with E-state index in [1.165, 1.54) is 0 Å². The molecule has 0 aliphatic heterocycles. The van der Waals surface area contributed by atoms with Gasteiger partial charge in [-0.1, -0.05) is 0 Å². The van der Waals surface area contributed by atoms with Crippen LogP contribution < -0.4 is 11.5 Å². The topological polar surface area (TPSA) is 69.1 Å². The summed E-state index contributed by atoms with van der Waals surface area (Å²) >= 11 is 0. The Labute approximate surface area is 35.6 Å². The van der Waals surface area contributed by atoms with Crippen LogP contribution in [-0.2, 0) is 4.79 Å². The summed E-state index contributed by atoms with van der Waals surface area (Å²) in [5.74, 6) is -0.516. The first-order chi connectivity index (χ1) is 2.77. The van der Waals surface area contributed by atoms with Gasteiger partial charge in [-0.25, -0.2) is 0 Å². The number of primary amides is 1. The Bertz CT molecular complexity index is 76.9. The second kappa shape index (κ2) is 2.26. The molecule has 3 heteroatoms. The monoisotopic (exact) mass is 86.0 g/mol. The van der Waals surface area contributed by atoms with Gasteiger partial charge in [0.25, 0.3) is 0 Å². The third-order valence-corrected chi connectivity index (χ3v) is 0.260. The van der Waals surface area contributed by atoms with E-state index in [9.17, 15) is 4.79 Å². The van der Waals surface area contributed by atoms with Crippen molar-refractivity contribution >= 4 is 5.91 Å². The fraction of sp³-hybridized carbons (Fsp3) is 0. The number of rotatable bonds is 1. The lowest BCUT2D eigenvalue weighted by Gasteiger charge is -1.70. The maximum absolute atomic E-state index is 9.65. The summed E-state index contributed by atoms with van der Waals surface area (Å²) in [4.78, 5) is 9.65. The first kappa shape index (κ1) is 5.01. The molecule has 1 amide bonds. The van der Waals surface area contributed by atoms with Gasteiger partial charge in [0.05, 0.1) is 0 Å². The number of amides is 1. The van der Waals surface area contributed by atoms with Crippen molar-refractivity contribution in [3.8, 4) is 0 Å². The van der Waals surface area contributed by atoms with Gasteiger partial charge in [-0.05, 0) is 6.20 Å². The zero-order valence-electron chi connectivity index (χ0n) is 3.22. The Morgan fingerprint density at radius 1 is 1.67 bits per heavy atom. The van der Waals surface area contributed by atoms with Gasteiger partial charge in [-0.3, -0.25) is 4.79 Å². The number of hydrogen-bond donors (Lipinski definition) is 2. The highest BCUT2D eigenvalue weighted by molar-refractivity contribution is 5.85. The average Bonchev–Trinajstić information content (AvgIpc) is 1.35. The van der Waals surface area contributed by atoms with E-state index in [1.807, 2.05) is 0 Å². The molecule has 0 radical (unpaired) electrons. The molecule has 0 aliphatic rings. The van der Waals surface area contributed by atoms with Crippen molar-refractivity contribution in [2.45, 2.75) is 0 Å². The Balaban J connectivity index is 3.30. The molecular weight excluding hydrogens is 80.0 g/mol. The van der Waals surface area contributed by atoms with Gasteiger partial charge < -0.3 is 11.5 Å². The van der Waals surface area contributed by atoms with E-state index in [0.717, 1.165) is 12.3 Å². The lowest BCUT2D eigenvalue weighted by Crippen LogP contribution is -2.06. The van der Waals surface area contributed by atoms with Gasteiger partial charge in [0.2, 0.25) is 5.91 Å². The fourth-order valence-electron chi connectivity index (χ4n) is 0.0948. The van der Waals surface area contributed by atoms with Crippen LogP contribution in [0.5, 0.6) is 0 Å². The van der Waals surface area contributed by atoms with E-state index in [-0.39, 0.29) is 0 Å². The molecule has 34 valence electrons. The standard InChI is InChI=1S/C3H6N2O/c4-2-1-3(5)6/h1-2H,4H2,(H2,5,6)/b2-1-. The van der Waals surface area contributed by atoms with Crippen molar-refractivity contribution in [3.63, 3.8) is 0 Å². The van der Waals surface area contributed by atoms with Crippen LogP contribution in [0.4, 0.5) is 0 Å². The SMILES string of the molecule is N/C=C\C(N)=O. The van der Waals surface area contributed by atoms with E-state index in [2.05, 4.69) is 5.73 Å². The summed E-state index contributed by atoms with van der Waals surface area (Å²) in [7, 11) is 0. The molecule has 4 N–H and O–H groups in total. The van der Waals surface area contributed by atoms with Crippen LogP contribution in [0.15, 0.2) is 12.3 Å². The van der Waals surface area contributed by atoms with Crippen LogP contribution in [0.1, 0.15) is 0 Å². The Kier molecular flexibility index (Phi) is 1.89. The summed E-state index contributed by atoms with van der Waals surface area (Å²) in [5, 5.41) is 0. The van der Waals surface area contributed by atoms with Crippen LogP contribution in [0.25, 0.3) is 0 Å². The van der Waals surface area contributed by atoms with Gasteiger partial charge in [0, 0.05) is 6.08 Å². The molecule has 0 spiro atoms. The molecule has 0 rings (SSSR count). The van der Waals surface area contributed by atoms with Crippen LogP contribution in [0.2, 0.25) is 0 Å². The summed E-state index contributed by atoms with van der Waals surface area (Å²) < 4.78 is 0. The maximum atomic E-state index is 9.65. The molecule has 0 bridgehead atoms. The first-order valence-corrected chi connectivity index (χ1v) is 1.45. The maximum Gasteiger partial charge on any atom is 0.242 e. The molecule has 6 heavy (non-hydrogen) atoms. The number of carbonyl (C=O) groups excluding carboxylic acids is 1. The molecule has 0 aromatic carbocycles. The Hall–Kier alpha value is -0.990. The van der Waals surface area contributed by atoms with Crippen LogP contribution in [-0.4, -0.2) is 5.91 Å². The van der Waals surface area contributed by atoms with E-state index >= 15 is 0 Å². The van der Waals surface area contributed by atoms with E-state index < -0.39 is 5.91 Å². The van der Waals surface area contributed by atoms with Crippen molar-refractivity contribution in [1.29, 1.82) is 0 Å². The fourth-order valence-corrected chi connectivity index (χ4v) is 0.0948. The molecular formula is C3H6N2O. The van der Waals surface area contributed by atoms with Gasteiger partial charge in [0.1, 0.15) is 0 Å². The molecule has 0 aliphatic carbocycles. The predicted octanol–water partition coefficient (Wildman–Crippen LogP) is -1.06. The lowest BCUT2D eigenvalue weighted by molar-refractivity contribution is -0.113. The third kappa shape index (κ3) is 3.01. The van der Waals surface area contributed by atoms with Gasteiger partial charge in [0.15, 0.2) is 0 Å². The second-order valence-electron chi connectivity index (χ2n) is 0.761. The summed E-state index contributed by atoms with van der Waals surface area (Å²) in [5.41, 5.74) is 9.35. The molecule has 0 atom stereocenters. The van der Waals surface area contributed by atoms with Crippen molar-refractivity contribution in [1.82, 2.24) is 0 Å². The minimum Gasteiger partial charge on any atom is -0.404 e. The molecule has 3 nitrogen and oxygen atoms in total. The quantitative estimate of drug-likeness (QED) is 0.399. The summed E-state index contributed by atoms with van der Waals surface area (Å²) in [6.45, 7) is 0. The van der Waals surface area contributed by atoms with Crippen molar-refractivity contribution in [2.24, 2.45) is 11.5 Å². The molecule has 0 saturated carbocycles. The molecule has 0 unspecified atom stereocenters. The smallest absolute Gasteiger partial charge is 0.242 e. The number of carbonyl (C=O) groups is 1. The zero-order chi connectivity index (χ0) is 4.99. The molecule has 0 saturated heterocycles. The zero-order valence-corrected chi connectivity index (χ0v) is 3.22. The second-order valence-corrected chi connectivity index (χ2v) is 0.761. The van der Waals surface area contributed by atoms with Crippen LogP contribution >= 0.6 is 0 Å². The van der Waals surface area contributed by atoms with Crippen LogP contribution in [0, 0.1) is 0 Å². The normalized spacial score (nSPS) is 9.33. The Morgan fingerprint density at radius 3 is 2.17 bits per heavy atom. The minimum atomic E-state index is -0.516. The molecule has 0 fully saturated rings. The van der Waals surface area contributed by atoms with Gasteiger partial charge >= 0.3 is 0 Å². The van der Waals surface area contributed by atoms with E-state index in [4.69, 9.17) is 5.73 Å². The summed E-state index contributed by atoms with van der Waals surface area (Å²) in [6.07, 6.45) is 2.18. The first-order valence-electron chi connectivity index (χ1n) is 1.45. The van der Waals surface area contributed by atoms with Gasteiger partial charge in [-0.2, -0.15) is 0 Å². The average molecular weight is 86.1 g/mol. The molecule has 0 heterocycles. The van der Waals surface area contributed by atoms with Crippen LogP contribution in [0.3, 0.4) is 0 Å². The molecule has 0 aromatic rings. The molecule has 0 aromatic heterocycles. The largest absolute Gasteiger partial charge is 0.404 e. The highest BCUT2D eigenvalue weighted by Gasteiger charge is 1.73. The van der Waals surface area contributed by atoms with E-state index in [0.29, 0.717) is 0 Å².